The molecule has 0 bridgehead atoms. The second-order valence-electron chi connectivity index (χ2n) is 4.87. The van der Waals surface area contributed by atoms with E-state index in [0.29, 0.717) is 12.0 Å². The van der Waals surface area contributed by atoms with Gasteiger partial charge in [-0.2, -0.15) is 0 Å². The Kier molecular flexibility index (Phi) is 2.56. The second kappa shape index (κ2) is 4.06. The zero-order chi connectivity index (χ0) is 11.0. The molecule has 1 fully saturated rings. The van der Waals surface area contributed by atoms with Gasteiger partial charge in [-0.3, -0.25) is 0 Å². The van der Waals surface area contributed by atoms with E-state index < -0.39 is 0 Å². The van der Waals surface area contributed by atoms with Gasteiger partial charge in [-0.1, -0.05) is 30.3 Å². The number of allylic oxidation sites excluding steroid dienone is 1. The van der Waals surface area contributed by atoms with Crippen LogP contribution >= 0.6 is 0 Å². The van der Waals surface area contributed by atoms with Gasteiger partial charge in [0.05, 0.1) is 6.10 Å². The highest BCUT2D eigenvalue weighted by Gasteiger charge is 2.29. The van der Waals surface area contributed by atoms with E-state index in [4.69, 9.17) is 4.74 Å². The summed E-state index contributed by atoms with van der Waals surface area (Å²) in [5.41, 5.74) is 4.29. The Balaban J connectivity index is 1.92. The lowest BCUT2D eigenvalue weighted by Crippen LogP contribution is -2.24. The minimum Gasteiger partial charge on any atom is -0.377 e. The zero-order valence-corrected chi connectivity index (χ0v) is 9.78. The van der Waals surface area contributed by atoms with Gasteiger partial charge in [0.2, 0.25) is 0 Å². The molecule has 84 valence electrons. The van der Waals surface area contributed by atoms with Crippen molar-refractivity contribution in [2.24, 2.45) is 0 Å². The van der Waals surface area contributed by atoms with Crippen molar-refractivity contribution >= 4 is 5.57 Å². The maximum absolute atomic E-state index is 5.92. The summed E-state index contributed by atoms with van der Waals surface area (Å²) in [7, 11) is 0. The molecule has 1 heterocycles. The third-order valence-corrected chi connectivity index (χ3v) is 3.79. The monoisotopic (exact) mass is 214 g/mol. The predicted molar refractivity (Wildman–Crippen MR) is 66.4 cm³/mol. The highest BCUT2D eigenvalue weighted by Crippen LogP contribution is 2.40. The fraction of sp³-hybridized carbons (Fsp3) is 0.467. The van der Waals surface area contributed by atoms with Crippen LogP contribution in [0.1, 0.15) is 43.2 Å². The van der Waals surface area contributed by atoms with Crippen molar-refractivity contribution in [3.05, 3.63) is 41.5 Å². The molecule has 16 heavy (non-hydrogen) atoms. The van der Waals surface area contributed by atoms with Crippen LogP contribution in [0.2, 0.25) is 0 Å². The van der Waals surface area contributed by atoms with Gasteiger partial charge in [0, 0.05) is 12.5 Å². The first kappa shape index (κ1) is 10.1. The third kappa shape index (κ3) is 1.60. The highest BCUT2D eigenvalue weighted by molar-refractivity contribution is 5.73. The molecule has 0 saturated carbocycles. The average molecular weight is 214 g/mol. The SMILES string of the molecule is CC1=CC(C2CCCCO2)c2ccccc21. The van der Waals surface area contributed by atoms with Crippen LogP contribution in [0, 0.1) is 0 Å². The summed E-state index contributed by atoms with van der Waals surface area (Å²) in [6.07, 6.45) is 6.56. The van der Waals surface area contributed by atoms with Gasteiger partial charge in [-0.25, -0.2) is 0 Å². The summed E-state index contributed by atoms with van der Waals surface area (Å²) < 4.78 is 5.92. The van der Waals surface area contributed by atoms with Crippen molar-refractivity contribution in [2.45, 2.75) is 38.2 Å². The maximum atomic E-state index is 5.92. The van der Waals surface area contributed by atoms with E-state index in [2.05, 4.69) is 37.3 Å². The van der Waals surface area contributed by atoms with Gasteiger partial charge in [0.25, 0.3) is 0 Å². The molecule has 0 radical (unpaired) electrons. The van der Waals surface area contributed by atoms with Crippen molar-refractivity contribution in [1.29, 1.82) is 0 Å². The normalized spacial score (nSPS) is 28.7. The largest absolute Gasteiger partial charge is 0.377 e. The molecule has 1 saturated heterocycles. The van der Waals surface area contributed by atoms with Crippen LogP contribution in [0.3, 0.4) is 0 Å². The Hall–Kier alpha value is -1.08. The molecule has 3 rings (SSSR count). The summed E-state index contributed by atoms with van der Waals surface area (Å²) in [4.78, 5) is 0. The lowest BCUT2D eigenvalue weighted by atomic mass is 9.91. The van der Waals surface area contributed by atoms with E-state index >= 15 is 0 Å². The highest BCUT2D eigenvalue weighted by atomic mass is 16.5. The van der Waals surface area contributed by atoms with E-state index in [-0.39, 0.29) is 0 Å². The molecule has 1 heteroatoms. The number of rotatable bonds is 1. The van der Waals surface area contributed by atoms with Crippen molar-refractivity contribution in [3.8, 4) is 0 Å². The molecule has 1 aliphatic heterocycles. The van der Waals surface area contributed by atoms with E-state index in [0.717, 1.165) is 6.61 Å². The lowest BCUT2D eigenvalue weighted by molar-refractivity contribution is 0.00818. The summed E-state index contributed by atoms with van der Waals surface area (Å²) in [6, 6.07) is 8.75. The lowest BCUT2D eigenvalue weighted by Gasteiger charge is -2.27. The molecular weight excluding hydrogens is 196 g/mol. The first-order valence-electron chi connectivity index (χ1n) is 6.25. The molecule has 0 spiro atoms. The van der Waals surface area contributed by atoms with Gasteiger partial charge >= 0.3 is 0 Å². The predicted octanol–water partition coefficient (Wildman–Crippen LogP) is 3.76. The van der Waals surface area contributed by atoms with Gasteiger partial charge in [0.15, 0.2) is 0 Å². The van der Waals surface area contributed by atoms with Crippen LogP contribution in [-0.2, 0) is 4.74 Å². The molecular formula is C15H18O. The topological polar surface area (TPSA) is 9.23 Å². The zero-order valence-electron chi connectivity index (χ0n) is 9.78. The quantitative estimate of drug-likeness (QED) is 0.691. The Labute approximate surface area is 97.1 Å². The van der Waals surface area contributed by atoms with Gasteiger partial charge in [-0.05, 0) is 42.9 Å². The summed E-state index contributed by atoms with van der Waals surface area (Å²) >= 11 is 0. The van der Waals surface area contributed by atoms with Crippen molar-refractivity contribution in [2.75, 3.05) is 6.61 Å². The van der Waals surface area contributed by atoms with Crippen molar-refractivity contribution in [3.63, 3.8) is 0 Å². The smallest absolute Gasteiger partial charge is 0.0678 e. The second-order valence-corrected chi connectivity index (χ2v) is 4.87. The summed E-state index contributed by atoms with van der Waals surface area (Å²) in [6.45, 7) is 3.15. The minimum atomic E-state index is 0.410. The van der Waals surface area contributed by atoms with Gasteiger partial charge in [-0.15, -0.1) is 0 Å². The van der Waals surface area contributed by atoms with Crippen LogP contribution in [0.5, 0.6) is 0 Å². The third-order valence-electron chi connectivity index (χ3n) is 3.79. The van der Waals surface area contributed by atoms with Crippen LogP contribution in [0.4, 0.5) is 0 Å². The number of hydrogen-bond acceptors (Lipinski definition) is 1. The Bertz CT molecular complexity index is 413. The van der Waals surface area contributed by atoms with Gasteiger partial charge < -0.3 is 4.74 Å². The summed E-state index contributed by atoms with van der Waals surface area (Å²) in [5, 5.41) is 0. The fourth-order valence-corrected chi connectivity index (χ4v) is 2.95. The maximum Gasteiger partial charge on any atom is 0.0678 e. The minimum absolute atomic E-state index is 0.410. The van der Waals surface area contributed by atoms with Crippen LogP contribution < -0.4 is 0 Å². The molecule has 0 N–H and O–H groups in total. The van der Waals surface area contributed by atoms with Crippen molar-refractivity contribution in [1.82, 2.24) is 0 Å². The molecule has 0 aromatic heterocycles. The van der Waals surface area contributed by atoms with Gasteiger partial charge in [0.1, 0.15) is 0 Å². The summed E-state index contributed by atoms with van der Waals surface area (Å²) in [5.74, 6) is 0.497. The molecule has 2 atom stereocenters. The van der Waals surface area contributed by atoms with Crippen LogP contribution in [0.25, 0.3) is 5.57 Å². The first-order valence-corrected chi connectivity index (χ1v) is 6.25. The van der Waals surface area contributed by atoms with E-state index in [9.17, 15) is 0 Å². The van der Waals surface area contributed by atoms with Crippen LogP contribution in [-0.4, -0.2) is 12.7 Å². The Morgan fingerprint density at radius 3 is 2.88 bits per heavy atom. The van der Waals surface area contributed by atoms with E-state index in [1.54, 1.807) is 0 Å². The Morgan fingerprint density at radius 1 is 1.19 bits per heavy atom. The molecule has 2 aliphatic rings. The number of hydrogen-bond donors (Lipinski definition) is 0. The fourth-order valence-electron chi connectivity index (χ4n) is 2.95. The van der Waals surface area contributed by atoms with Crippen molar-refractivity contribution < 1.29 is 4.74 Å². The average Bonchev–Trinajstić information content (AvgIpc) is 2.69. The molecule has 1 aromatic rings. The number of ether oxygens (including phenoxy) is 1. The Morgan fingerprint density at radius 2 is 2.06 bits per heavy atom. The number of fused-ring (bicyclic) bond motifs is 1. The van der Waals surface area contributed by atoms with E-state index in [1.165, 1.54) is 36.0 Å². The molecule has 2 unspecified atom stereocenters. The van der Waals surface area contributed by atoms with Crippen LogP contribution in [0.15, 0.2) is 30.3 Å². The molecule has 0 amide bonds. The molecule has 1 aliphatic carbocycles. The first-order chi connectivity index (χ1) is 7.86. The van der Waals surface area contributed by atoms with E-state index in [1.807, 2.05) is 0 Å². The number of benzene rings is 1. The standard InChI is InChI=1S/C15H18O/c1-11-10-14(15-8-4-5-9-16-15)13-7-3-2-6-12(11)13/h2-3,6-7,10,14-15H,4-5,8-9H2,1H3. The molecule has 1 aromatic carbocycles. The molecule has 1 nitrogen and oxygen atoms in total.